The standard InChI is InChI=1S/C23H21FN2O4/c1-28-17-6-4-5-16(11-17)13-26-20(14-29-15-23(26)27)18-12-25-10-9-21(18)30-22-8-3-2-7-19(22)24/h2-12,20H,13-15H2,1H3. The molecule has 0 saturated carbocycles. The molecule has 0 N–H and O–H groups in total. The normalized spacial score (nSPS) is 16.4. The molecule has 1 aliphatic heterocycles. The third-order valence-corrected chi connectivity index (χ3v) is 4.91. The number of aromatic nitrogens is 1. The number of morpholine rings is 1. The quantitative estimate of drug-likeness (QED) is 0.614. The van der Waals surface area contributed by atoms with Gasteiger partial charge < -0.3 is 19.1 Å². The molecule has 2 aromatic carbocycles. The fraction of sp³-hybridized carbons (Fsp3) is 0.217. The summed E-state index contributed by atoms with van der Waals surface area (Å²) in [6.45, 7) is 0.664. The van der Waals surface area contributed by atoms with Crippen LogP contribution in [-0.2, 0) is 16.1 Å². The highest BCUT2D eigenvalue weighted by atomic mass is 19.1. The van der Waals surface area contributed by atoms with Crippen molar-refractivity contribution in [2.24, 2.45) is 0 Å². The van der Waals surface area contributed by atoms with Gasteiger partial charge in [0.05, 0.1) is 19.8 Å². The van der Waals surface area contributed by atoms with Crippen LogP contribution in [0.25, 0.3) is 0 Å². The van der Waals surface area contributed by atoms with Crippen molar-refractivity contribution in [2.45, 2.75) is 12.6 Å². The smallest absolute Gasteiger partial charge is 0.249 e. The van der Waals surface area contributed by atoms with E-state index in [1.807, 2.05) is 24.3 Å². The molecule has 154 valence electrons. The number of hydrogen-bond acceptors (Lipinski definition) is 5. The molecule has 0 aliphatic carbocycles. The second-order valence-corrected chi connectivity index (χ2v) is 6.85. The minimum atomic E-state index is -0.468. The first-order valence-corrected chi connectivity index (χ1v) is 9.52. The molecule has 3 aromatic rings. The predicted molar refractivity (Wildman–Crippen MR) is 108 cm³/mol. The van der Waals surface area contributed by atoms with Crippen molar-refractivity contribution in [3.05, 3.63) is 83.9 Å². The third kappa shape index (κ3) is 4.26. The van der Waals surface area contributed by atoms with E-state index >= 15 is 0 Å². The summed E-state index contributed by atoms with van der Waals surface area (Å²) in [5, 5.41) is 0. The van der Waals surface area contributed by atoms with E-state index in [0.717, 1.165) is 11.3 Å². The van der Waals surface area contributed by atoms with Crippen LogP contribution < -0.4 is 9.47 Å². The number of carbonyl (C=O) groups excluding carboxylic acids is 1. The van der Waals surface area contributed by atoms with Crippen LogP contribution in [0.15, 0.2) is 67.0 Å². The number of methoxy groups -OCH3 is 1. The number of hydrogen-bond donors (Lipinski definition) is 0. The monoisotopic (exact) mass is 408 g/mol. The first-order chi connectivity index (χ1) is 14.7. The molecular weight excluding hydrogens is 387 g/mol. The number of carbonyl (C=O) groups is 1. The van der Waals surface area contributed by atoms with E-state index in [0.29, 0.717) is 17.9 Å². The predicted octanol–water partition coefficient (Wildman–Crippen LogP) is 4.12. The number of para-hydroxylation sites is 1. The Morgan fingerprint density at radius 1 is 1.17 bits per heavy atom. The van der Waals surface area contributed by atoms with Gasteiger partial charge in [0.25, 0.3) is 0 Å². The van der Waals surface area contributed by atoms with Gasteiger partial charge in [-0.1, -0.05) is 24.3 Å². The Balaban J connectivity index is 1.65. The third-order valence-electron chi connectivity index (χ3n) is 4.91. The van der Waals surface area contributed by atoms with Crippen LogP contribution in [0.4, 0.5) is 4.39 Å². The highest BCUT2D eigenvalue weighted by molar-refractivity contribution is 5.78. The summed E-state index contributed by atoms with van der Waals surface area (Å²) in [5.74, 6) is 0.635. The lowest BCUT2D eigenvalue weighted by Crippen LogP contribution is -2.43. The molecule has 1 aromatic heterocycles. The average Bonchev–Trinajstić information content (AvgIpc) is 2.77. The summed E-state index contributed by atoms with van der Waals surface area (Å²) in [6.07, 6.45) is 3.19. The van der Waals surface area contributed by atoms with E-state index in [1.54, 1.807) is 48.7 Å². The first-order valence-electron chi connectivity index (χ1n) is 9.52. The lowest BCUT2D eigenvalue weighted by molar-refractivity contribution is -0.149. The van der Waals surface area contributed by atoms with Gasteiger partial charge >= 0.3 is 0 Å². The number of pyridine rings is 1. The molecule has 7 heteroatoms. The second-order valence-electron chi connectivity index (χ2n) is 6.85. The number of amides is 1. The number of benzene rings is 2. The maximum absolute atomic E-state index is 14.1. The fourth-order valence-corrected chi connectivity index (χ4v) is 3.41. The Morgan fingerprint density at radius 3 is 2.87 bits per heavy atom. The highest BCUT2D eigenvalue weighted by Gasteiger charge is 2.32. The van der Waals surface area contributed by atoms with Crippen LogP contribution in [0.2, 0.25) is 0 Å². The molecule has 1 unspecified atom stereocenters. The van der Waals surface area contributed by atoms with Crippen molar-refractivity contribution in [1.29, 1.82) is 0 Å². The summed E-state index contributed by atoms with van der Waals surface area (Å²) in [5.41, 5.74) is 1.58. The lowest BCUT2D eigenvalue weighted by Gasteiger charge is -2.36. The van der Waals surface area contributed by atoms with Crippen molar-refractivity contribution < 1.29 is 23.4 Å². The van der Waals surface area contributed by atoms with Crippen molar-refractivity contribution in [1.82, 2.24) is 9.88 Å². The molecule has 30 heavy (non-hydrogen) atoms. The topological polar surface area (TPSA) is 60.9 Å². The molecule has 1 atom stereocenters. The van der Waals surface area contributed by atoms with Crippen LogP contribution in [0.5, 0.6) is 17.2 Å². The summed E-state index contributed by atoms with van der Waals surface area (Å²) in [6, 6.07) is 15.0. The Morgan fingerprint density at radius 2 is 2.03 bits per heavy atom. The van der Waals surface area contributed by atoms with E-state index in [2.05, 4.69) is 4.98 Å². The molecule has 1 aliphatic rings. The van der Waals surface area contributed by atoms with E-state index in [9.17, 15) is 9.18 Å². The van der Waals surface area contributed by atoms with Gasteiger partial charge in [-0.3, -0.25) is 9.78 Å². The van der Waals surface area contributed by atoms with Crippen LogP contribution in [0.3, 0.4) is 0 Å². The zero-order chi connectivity index (χ0) is 20.9. The Labute approximate surface area is 173 Å². The van der Waals surface area contributed by atoms with Crippen LogP contribution in [0, 0.1) is 5.82 Å². The summed E-state index contributed by atoms with van der Waals surface area (Å²) >= 11 is 0. The molecular formula is C23H21FN2O4. The molecule has 4 rings (SSSR count). The van der Waals surface area contributed by atoms with Gasteiger partial charge in [-0.2, -0.15) is 0 Å². The van der Waals surface area contributed by atoms with Crippen LogP contribution in [0.1, 0.15) is 17.2 Å². The van der Waals surface area contributed by atoms with Gasteiger partial charge in [0.2, 0.25) is 5.91 Å². The van der Waals surface area contributed by atoms with Crippen LogP contribution in [-0.4, -0.2) is 36.1 Å². The zero-order valence-electron chi connectivity index (χ0n) is 16.5. The van der Waals surface area contributed by atoms with E-state index in [4.69, 9.17) is 14.2 Å². The summed E-state index contributed by atoms with van der Waals surface area (Å²) in [4.78, 5) is 18.6. The molecule has 0 spiro atoms. The average molecular weight is 408 g/mol. The maximum Gasteiger partial charge on any atom is 0.249 e. The Hall–Kier alpha value is -3.45. The van der Waals surface area contributed by atoms with Crippen molar-refractivity contribution in [3.8, 4) is 17.2 Å². The van der Waals surface area contributed by atoms with Gasteiger partial charge in [0, 0.05) is 24.5 Å². The number of halogens is 1. The van der Waals surface area contributed by atoms with Crippen molar-refractivity contribution in [2.75, 3.05) is 20.3 Å². The van der Waals surface area contributed by atoms with Crippen molar-refractivity contribution in [3.63, 3.8) is 0 Å². The molecule has 6 nitrogen and oxygen atoms in total. The minimum Gasteiger partial charge on any atom is -0.497 e. The van der Waals surface area contributed by atoms with E-state index in [1.165, 1.54) is 6.07 Å². The zero-order valence-corrected chi connectivity index (χ0v) is 16.5. The van der Waals surface area contributed by atoms with Gasteiger partial charge in [0.15, 0.2) is 11.6 Å². The highest BCUT2D eigenvalue weighted by Crippen LogP contribution is 2.35. The van der Waals surface area contributed by atoms with E-state index in [-0.39, 0.29) is 24.9 Å². The molecule has 1 amide bonds. The van der Waals surface area contributed by atoms with E-state index < -0.39 is 11.9 Å². The molecule has 0 bridgehead atoms. The number of ether oxygens (including phenoxy) is 3. The summed E-state index contributed by atoms with van der Waals surface area (Å²) < 4.78 is 30.7. The van der Waals surface area contributed by atoms with Gasteiger partial charge in [-0.25, -0.2) is 4.39 Å². The fourth-order valence-electron chi connectivity index (χ4n) is 3.41. The lowest BCUT2D eigenvalue weighted by atomic mass is 10.0. The number of nitrogens with zero attached hydrogens (tertiary/aromatic N) is 2. The van der Waals surface area contributed by atoms with Crippen LogP contribution >= 0.6 is 0 Å². The Kier molecular flexibility index (Phi) is 5.90. The molecule has 2 heterocycles. The van der Waals surface area contributed by atoms with Gasteiger partial charge in [0.1, 0.15) is 18.1 Å². The SMILES string of the molecule is COc1cccc(CN2C(=O)COCC2c2cnccc2Oc2ccccc2F)c1. The largest absolute Gasteiger partial charge is 0.497 e. The van der Waals surface area contributed by atoms with Crippen molar-refractivity contribution >= 4 is 5.91 Å². The maximum atomic E-state index is 14.1. The summed E-state index contributed by atoms with van der Waals surface area (Å²) in [7, 11) is 1.60. The Bertz CT molecular complexity index is 1040. The van der Waals surface area contributed by atoms with Gasteiger partial charge in [-0.15, -0.1) is 0 Å². The second kappa shape index (κ2) is 8.92. The minimum absolute atomic E-state index is 0.00420. The first kappa shape index (κ1) is 19.8. The molecule has 1 fully saturated rings. The number of rotatable bonds is 6. The molecule has 1 saturated heterocycles. The molecule has 0 radical (unpaired) electrons. The van der Waals surface area contributed by atoms with Gasteiger partial charge in [-0.05, 0) is 35.9 Å².